The van der Waals surface area contributed by atoms with Gasteiger partial charge in [-0.05, 0) is 19.4 Å². The van der Waals surface area contributed by atoms with Gasteiger partial charge in [-0.25, -0.2) is 0 Å². The number of rotatable bonds is 4. The van der Waals surface area contributed by atoms with Crippen LogP contribution >= 0.6 is 0 Å². The molecule has 0 fully saturated rings. The van der Waals surface area contributed by atoms with Crippen LogP contribution in [0.15, 0.2) is 30.5 Å². The van der Waals surface area contributed by atoms with E-state index >= 15 is 0 Å². The molecule has 4 heteroatoms. The fourth-order valence-electron chi connectivity index (χ4n) is 1.64. The number of hydrogen-bond acceptors (Lipinski definition) is 3. The van der Waals surface area contributed by atoms with Crippen molar-refractivity contribution >= 4 is 10.9 Å². The second kappa shape index (κ2) is 4.23. The largest absolute Gasteiger partial charge is 0.394 e. The predicted molar refractivity (Wildman–Crippen MR) is 64.0 cm³/mol. The van der Waals surface area contributed by atoms with Gasteiger partial charge in [-0.1, -0.05) is 18.2 Å². The summed E-state index contributed by atoms with van der Waals surface area (Å²) in [6, 6.07) is 8.06. The molecule has 4 nitrogen and oxygen atoms in total. The Balaban J connectivity index is 2.16. The van der Waals surface area contributed by atoms with Gasteiger partial charge in [0.2, 0.25) is 0 Å². The van der Waals surface area contributed by atoms with Crippen molar-refractivity contribution in [1.82, 2.24) is 9.78 Å². The molecule has 0 aliphatic rings. The van der Waals surface area contributed by atoms with E-state index in [-0.39, 0.29) is 6.61 Å². The van der Waals surface area contributed by atoms with Crippen molar-refractivity contribution in [3.05, 3.63) is 30.5 Å². The van der Waals surface area contributed by atoms with Crippen LogP contribution in [-0.4, -0.2) is 27.0 Å². The van der Waals surface area contributed by atoms with Gasteiger partial charge < -0.3 is 10.8 Å². The summed E-state index contributed by atoms with van der Waals surface area (Å²) < 4.78 is 1.93. The van der Waals surface area contributed by atoms with Crippen molar-refractivity contribution in [2.75, 3.05) is 6.61 Å². The minimum Gasteiger partial charge on any atom is -0.394 e. The first-order chi connectivity index (χ1) is 7.62. The molecular weight excluding hydrogens is 202 g/mol. The Bertz CT molecular complexity index is 476. The molecule has 2 aromatic rings. The molecule has 0 saturated carbocycles. The summed E-state index contributed by atoms with van der Waals surface area (Å²) in [5.41, 5.74) is 6.46. The highest BCUT2D eigenvalue weighted by molar-refractivity contribution is 5.78. The molecule has 0 aliphatic heterocycles. The standard InChI is InChI=1S/C12H17N3O/c1-12(13,9-16)6-7-15-11-5-3-2-4-10(11)8-14-15/h2-5,8,16H,6-7,9,13H2,1H3. The van der Waals surface area contributed by atoms with E-state index in [2.05, 4.69) is 5.10 Å². The van der Waals surface area contributed by atoms with E-state index in [9.17, 15) is 0 Å². The van der Waals surface area contributed by atoms with Gasteiger partial charge in [-0.2, -0.15) is 5.10 Å². The molecule has 0 bridgehead atoms. The number of nitrogens with zero attached hydrogens (tertiary/aromatic N) is 2. The summed E-state index contributed by atoms with van der Waals surface area (Å²) in [4.78, 5) is 0. The topological polar surface area (TPSA) is 64.1 Å². The van der Waals surface area contributed by atoms with Crippen molar-refractivity contribution < 1.29 is 5.11 Å². The fraction of sp³-hybridized carbons (Fsp3) is 0.417. The lowest BCUT2D eigenvalue weighted by Crippen LogP contribution is -2.41. The zero-order chi connectivity index (χ0) is 11.6. The van der Waals surface area contributed by atoms with Gasteiger partial charge in [0.15, 0.2) is 0 Å². The van der Waals surface area contributed by atoms with Crippen LogP contribution in [0.4, 0.5) is 0 Å². The van der Waals surface area contributed by atoms with E-state index in [1.54, 1.807) is 0 Å². The molecule has 0 radical (unpaired) electrons. The average molecular weight is 219 g/mol. The number of aryl methyl sites for hydroxylation is 1. The van der Waals surface area contributed by atoms with E-state index in [0.29, 0.717) is 6.42 Å². The fourth-order valence-corrected chi connectivity index (χ4v) is 1.64. The van der Waals surface area contributed by atoms with Gasteiger partial charge in [0.1, 0.15) is 0 Å². The highest BCUT2D eigenvalue weighted by Gasteiger charge is 2.17. The van der Waals surface area contributed by atoms with Crippen LogP contribution < -0.4 is 5.73 Å². The average Bonchev–Trinajstić information content (AvgIpc) is 2.70. The van der Waals surface area contributed by atoms with Crippen molar-refractivity contribution in [2.24, 2.45) is 5.73 Å². The molecule has 0 aliphatic carbocycles. The molecule has 2 rings (SSSR count). The molecule has 1 aromatic carbocycles. The van der Waals surface area contributed by atoms with Gasteiger partial charge in [-0.15, -0.1) is 0 Å². The van der Waals surface area contributed by atoms with Crippen LogP contribution in [0.5, 0.6) is 0 Å². The summed E-state index contributed by atoms with van der Waals surface area (Å²) >= 11 is 0. The van der Waals surface area contributed by atoms with Gasteiger partial charge in [0, 0.05) is 17.5 Å². The van der Waals surface area contributed by atoms with E-state index in [0.717, 1.165) is 17.4 Å². The van der Waals surface area contributed by atoms with E-state index in [4.69, 9.17) is 10.8 Å². The van der Waals surface area contributed by atoms with Crippen molar-refractivity contribution in [3.8, 4) is 0 Å². The molecule has 0 spiro atoms. The summed E-state index contributed by atoms with van der Waals surface area (Å²) in [6.45, 7) is 2.56. The Morgan fingerprint density at radius 1 is 1.44 bits per heavy atom. The minimum absolute atomic E-state index is 0.00774. The van der Waals surface area contributed by atoms with Crippen LogP contribution in [0.3, 0.4) is 0 Å². The SMILES string of the molecule is CC(N)(CO)CCn1ncc2ccccc21. The lowest BCUT2D eigenvalue weighted by molar-refractivity contribution is 0.194. The van der Waals surface area contributed by atoms with Crippen molar-refractivity contribution in [1.29, 1.82) is 0 Å². The number of fused-ring (bicyclic) bond motifs is 1. The maximum Gasteiger partial charge on any atom is 0.0682 e. The molecule has 3 N–H and O–H groups in total. The lowest BCUT2D eigenvalue weighted by Gasteiger charge is -2.21. The molecule has 1 heterocycles. The number of aliphatic hydroxyl groups excluding tert-OH is 1. The second-order valence-electron chi connectivity index (χ2n) is 4.49. The Kier molecular flexibility index (Phi) is 2.94. The zero-order valence-corrected chi connectivity index (χ0v) is 9.43. The molecule has 1 atom stereocenters. The van der Waals surface area contributed by atoms with Crippen LogP contribution in [0.1, 0.15) is 13.3 Å². The third-order valence-corrected chi connectivity index (χ3v) is 2.81. The van der Waals surface area contributed by atoms with Gasteiger partial charge >= 0.3 is 0 Å². The minimum atomic E-state index is -0.535. The van der Waals surface area contributed by atoms with Crippen molar-refractivity contribution in [3.63, 3.8) is 0 Å². The molecule has 0 saturated heterocycles. The van der Waals surface area contributed by atoms with Gasteiger partial charge in [0.25, 0.3) is 0 Å². The molecular formula is C12H17N3O. The maximum atomic E-state index is 9.08. The maximum absolute atomic E-state index is 9.08. The van der Waals surface area contributed by atoms with Crippen LogP contribution in [0.2, 0.25) is 0 Å². The van der Waals surface area contributed by atoms with Crippen LogP contribution in [0, 0.1) is 0 Å². The van der Waals surface area contributed by atoms with Crippen LogP contribution in [0.25, 0.3) is 10.9 Å². The molecule has 1 unspecified atom stereocenters. The third-order valence-electron chi connectivity index (χ3n) is 2.81. The zero-order valence-electron chi connectivity index (χ0n) is 9.43. The molecule has 1 aromatic heterocycles. The monoisotopic (exact) mass is 219 g/mol. The number of hydrogen-bond donors (Lipinski definition) is 2. The van der Waals surface area contributed by atoms with Gasteiger partial charge in [0.05, 0.1) is 18.3 Å². The molecule has 16 heavy (non-hydrogen) atoms. The summed E-state index contributed by atoms with van der Waals surface area (Å²) in [7, 11) is 0. The van der Waals surface area contributed by atoms with Crippen molar-refractivity contribution in [2.45, 2.75) is 25.4 Å². The Labute approximate surface area is 94.7 Å². The number of nitrogens with two attached hydrogens (primary N) is 1. The summed E-state index contributed by atoms with van der Waals surface area (Å²) in [5, 5.41) is 14.5. The van der Waals surface area contributed by atoms with E-state index in [1.165, 1.54) is 0 Å². The number of para-hydroxylation sites is 1. The highest BCUT2D eigenvalue weighted by atomic mass is 16.3. The first kappa shape index (κ1) is 11.1. The van der Waals surface area contributed by atoms with E-state index in [1.807, 2.05) is 42.1 Å². The quantitative estimate of drug-likeness (QED) is 0.810. The Hall–Kier alpha value is -1.39. The molecule has 86 valence electrons. The summed E-state index contributed by atoms with van der Waals surface area (Å²) in [5.74, 6) is 0. The number of aliphatic hydroxyl groups is 1. The Morgan fingerprint density at radius 3 is 2.94 bits per heavy atom. The Morgan fingerprint density at radius 2 is 2.19 bits per heavy atom. The van der Waals surface area contributed by atoms with Crippen LogP contribution in [-0.2, 0) is 6.54 Å². The predicted octanol–water partition coefficient (Wildman–Crippen LogP) is 1.14. The number of benzene rings is 1. The number of aromatic nitrogens is 2. The first-order valence-electron chi connectivity index (χ1n) is 5.43. The van der Waals surface area contributed by atoms with Gasteiger partial charge in [-0.3, -0.25) is 4.68 Å². The second-order valence-corrected chi connectivity index (χ2v) is 4.49. The normalized spacial score (nSPS) is 15.2. The summed E-state index contributed by atoms with van der Waals surface area (Å²) in [6.07, 6.45) is 2.55. The molecule has 0 amide bonds. The lowest BCUT2D eigenvalue weighted by atomic mass is 10.0. The smallest absolute Gasteiger partial charge is 0.0682 e. The third kappa shape index (κ3) is 2.23. The van der Waals surface area contributed by atoms with E-state index < -0.39 is 5.54 Å². The first-order valence-corrected chi connectivity index (χ1v) is 5.43. The highest BCUT2D eigenvalue weighted by Crippen LogP contribution is 2.14.